The molecule has 14 heavy (non-hydrogen) atoms. The summed E-state index contributed by atoms with van der Waals surface area (Å²) in [6.07, 6.45) is 0.899. The minimum Gasteiger partial charge on any atom is -0.338 e. The number of rotatable bonds is 2. The second-order valence-electron chi connectivity index (χ2n) is 3.11. The summed E-state index contributed by atoms with van der Waals surface area (Å²) in [5.74, 6) is 0. The second kappa shape index (κ2) is 3.58. The van der Waals surface area contributed by atoms with Crippen LogP contribution in [0.4, 0.5) is 0 Å². The number of carbonyl (C=O) groups is 1. The SMILES string of the molecule is CCn1c(C=O)cc2cccc(Br)c21. The molecular formula is C11H10BrNO. The first-order chi connectivity index (χ1) is 6.77. The third-order valence-corrected chi connectivity index (χ3v) is 2.98. The number of aromatic nitrogens is 1. The van der Waals surface area contributed by atoms with Gasteiger partial charge in [0.15, 0.2) is 6.29 Å². The molecule has 2 aromatic rings. The summed E-state index contributed by atoms with van der Waals surface area (Å²) in [5.41, 5.74) is 1.83. The molecule has 0 spiro atoms. The fraction of sp³-hybridized carbons (Fsp3) is 0.182. The molecule has 0 saturated carbocycles. The Morgan fingerprint density at radius 2 is 2.29 bits per heavy atom. The van der Waals surface area contributed by atoms with Gasteiger partial charge in [-0.1, -0.05) is 12.1 Å². The first-order valence-corrected chi connectivity index (χ1v) is 5.30. The van der Waals surface area contributed by atoms with Gasteiger partial charge in [0.05, 0.1) is 11.2 Å². The van der Waals surface area contributed by atoms with Crippen molar-refractivity contribution in [3.63, 3.8) is 0 Å². The number of carbonyl (C=O) groups excluding carboxylic acids is 1. The van der Waals surface area contributed by atoms with Gasteiger partial charge in [0.2, 0.25) is 0 Å². The molecule has 0 N–H and O–H groups in total. The van der Waals surface area contributed by atoms with E-state index in [2.05, 4.69) is 15.9 Å². The monoisotopic (exact) mass is 251 g/mol. The third kappa shape index (κ3) is 1.28. The fourth-order valence-electron chi connectivity index (χ4n) is 1.74. The predicted molar refractivity (Wildman–Crippen MR) is 60.7 cm³/mol. The van der Waals surface area contributed by atoms with Gasteiger partial charge in [-0.15, -0.1) is 0 Å². The van der Waals surface area contributed by atoms with Gasteiger partial charge in [0, 0.05) is 16.4 Å². The normalized spacial score (nSPS) is 10.7. The van der Waals surface area contributed by atoms with E-state index in [9.17, 15) is 4.79 Å². The van der Waals surface area contributed by atoms with Gasteiger partial charge in [0.25, 0.3) is 0 Å². The predicted octanol–water partition coefficient (Wildman–Crippen LogP) is 3.24. The summed E-state index contributed by atoms with van der Waals surface area (Å²) in [5, 5.41) is 1.10. The van der Waals surface area contributed by atoms with Crippen molar-refractivity contribution >= 4 is 33.1 Å². The Labute approximate surface area is 90.7 Å². The number of nitrogens with zero attached hydrogens (tertiary/aromatic N) is 1. The average Bonchev–Trinajstić information content (AvgIpc) is 2.56. The Morgan fingerprint density at radius 1 is 1.50 bits per heavy atom. The van der Waals surface area contributed by atoms with E-state index in [1.807, 2.05) is 35.8 Å². The number of benzene rings is 1. The number of aldehydes is 1. The molecule has 0 saturated heterocycles. The number of aryl methyl sites for hydroxylation is 1. The molecule has 72 valence electrons. The van der Waals surface area contributed by atoms with E-state index in [1.165, 1.54) is 0 Å². The minimum absolute atomic E-state index is 0.731. The highest BCUT2D eigenvalue weighted by Gasteiger charge is 2.08. The lowest BCUT2D eigenvalue weighted by Gasteiger charge is -2.04. The van der Waals surface area contributed by atoms with Crippen molar-refractivity contribution in [1.29, 1.82) is 0 Å². The Morgan fingerprint density at radius 3 is 2.93 bits per heavy atom. The molecule has 0 aliphatic heterocycles. The molecule has 2 nitrogen and oxygen atoms in total. The van der Waals surface area contributed by atoms with Crippen molar-refractivity contribution in [3.05, 3.63) is 34.4 Å². The summed E-state index contributed by atoms with van der Waals surface area (Å²) in [6.45, 7) is 2.84. The quantitative estimate of drug-likeness (QED) is 0.752. The zero-order valence-electron chi connectivity index (χ0n) is 7.83. The van der Waals surface area contributed by atoms with Crippen LogP contribution in [0.25, 0.3) is 10.9 Å². The van der Waals surface area contributed by atoms with Crippen molar-refractivity contribution in [2.45, 2.75) is 13.5 Å². The first kappa shape index (κ1) is 9.46. The largest absolute Gasteiger partial charge is 0.338 e. The van der Waals surface area contributed by atoms with Gasteiger partial charge < -0.3 is 4.57 Å². The maximum Gasteiger partial charge on any atom is 0.166 e. The molecule has 0 unspecified atom stereocenters. The van der Waals surface area contributed by atoms with Crippen LogP contribution in [0, 0.1) is 0 Å². The van der Waals surface area contributed by atoms with Gasteiger partial charge in [-0.3, -0.25) is 4.79 Å². The van der Waals surface area contributed by atoms with Crippen LogP contribution < -0.4 is 0 Å². The van der Waals surface area contributed by atoms with Crippen molar-refractivity contribution in [3.8, 4) is 0 Å². The summed E-state index contributed by atoms with van der Waals surface area (Å²) in [6, 6.07) is 7.89. The number of fused-ring (bicyclic) bond motifs is 1. The molecule has 2 rings (SSSR count). The van der Waals surface area contributed by atoms with Crippen molar-refractivity contribution in [1.82, 2.24) is 4.57 Å². The van der Waals surface area contributed by atoms with Gasteiger partial charge in [0.1, 0.15) is 0 Å². The van der Waals surface area contributed by atoms with E-state index < -0.39 is 0 Å². The van der Waals surface area contributed by atoms with E-state index in [0.29, 0.717) is 0 Å². The average molecular weight is 252 g/mol. The summed E-state index contributed by atoms with van der Waals surface area (Å²) in [4.78, 5) is 10.8. The number of halogens is 1. The molecular weight excluding hydrogens is 242 g/mol. The van der Waals surface area contributed by atoms with Crippen LogP contribution in [0.3, 0.4) is 0 Å². The first-order valence-electron chi connectivity index (χ1n) is 4.51. The van der Waals surface area contributed by atoms with Crippen LogP contribution in [0.15, 0.2) is 28.7 Å². The fourth-order valence-corrected chi connectivity index (χ4v) is 2.33. The zero-order chi connectivity index (χ0) is 10.1. The highest BCUT2D eigenvalue weighted by atomic mass is 79.9. The van der Waals surface area contributed by atoms with E-state index >= 15 is 0 Å². The summed E-state index contributed by atoms with van der Waals surface area (Å²) in [7, 11) is 0. The second-order valence-corrected chi connectivity index (χ2v) is 3.96. The maximum atomic E-state index is 10.8. The Bertz CT molecular complexity index is 487. The van der Waals surface area contributed by atoms with E-state index in [-0.39, 0.29) is 0 Å². The van der Waals surface area contributed by atoms with Crippen LogP contribution >= 0.6 is 15.9 Å². The van der Waals surface area contributed by atoms with E-state index in [0.717, 1.165) is 33.9 Å². The minimum atomic E-state index is 0.731. The molecule has 0 aliphatic carbocycles. The Hall–Kier alpha value is -1.09. The Balaban J connectivity index is 2.88. The molecule has 0 radical (unpaired) electrons. The van der Waals surface area contributed by atoms with E-state index in [1.54, 1.807) is 0 Å². The lowest BCUT2D eigenvalue weighted by molar-refractivity contribution is 0.111. The molecule has 0 aliphatic rings. The van der Waals surface area contributed by atoms with Gasteiger partial charge >= 0.3 is 0 Å². The smallest absolute Gasteiger partial charge is 0.166 e. The highest BCUT2D eigenvalue weighted by molar-refractivity contribution is 9.10. The summed E-state index contributed by atoms with van der Waals surface area (Å²) >= 11 is 3.49. The molecule has 1 heterocycles. The maximum absolute atomic E-state index is 10.8. The molecule has 1 aromatic carbocycles. The van der Waals surface area contributed by atoms with Crippen LogP contribution in [0.5, 0.6) is 0 Å². The molecule has 0 amide bonds. The summed E-state index contributed by atoms with van der Waals surface area (Å²) < 4.78 is 3.04. The van der Waals surface area contributed by atoms with Crippen LogP contribution in [0.2, 0.25) is 0 Å². The van der Waals surface area contributed by atoms with Gasteiger partial charge in [-0.2, -0.15) is 0 Å². The van der Waals surface area contributed by atoms with Crippen LogP contribution in [0.1, 0.15) is 17.4 Å². The van der Waals surface area contributed by atoms with Gasteiger partial charge in [-0.05, 0) is 35.0 Å². The van der Waals surface area contributed by atoms with Crippen LogP contribution in [-0.4, -0.2) is 10.9 Å². The molecule has 1 aromatic heterocycles. The topological polar surface area (TPSA) is 22.0 Å². The third-order valence-electron chi connectivity index (χ3n) is 2.34. The highest BCUT2D eigenvalue weighted by Crippen LogP contribution is 2.26. The molecule has 0 bridgehead atoms. The number of hydrogen-bond acceptors (Lipinski definition) is 1. The molecule has 0 atom stereocenters. The van der Waals surface area contributed by atoms with E-state index in [4.69, 9.17) is 0 Å². The lowest BCUT2D eigenvalue weighted by atomic mass is 10.2. The zero-order valence-corrected chi connectivity index (χ0v) is 9.41. The lowest BCUT2D eigenvalue weighted by Crippen LogP contribution is -1.98. The number of para-hydroxylation sites is 1. The van der Waals surface area contributed by atoms with Crippen molar-refractivity contribution in [2.24, 2.45) is 0 Å². The van der Waals surface area contributed by atoms with Crippen molar-refractivity contribution in [2.75, 3.05) is 0 Å². The number of hydrogen-bond donors (Lipinski definition) is 0. The standard InChI is InChI=1S/C11H10BrNO/c1-2-13-9(7-14)6-8-4-3-5-10(12)11(8)13/h3-7H,2H2,1H3. The van der Waals surface area contributed by atoms with Gasteiger partial charge in [-0.25, -0.2) is 0 Å². The van der Waals surface area contributed by atoms with Crippen molar-refractivity contribution < 1.29 is 4.79 Å². The molecule has 3 heteroatoms. The molecule has 0 fully saturated rings. The van der Waals surface area contributed by atoms with Crippen LogP contribution in [-0.2, 0) is 6.54 Å². The Kier molecular flexibility index (Phi) is 2.42.